The van der Waals surface area contributed by atoms with Crippen LogP contribution in [0.15, 0.2) is 48.5 Å². The number of aliphatic hydroxyl groups excluding tert-OH is 1. The maximum Gasteiger partial charge on any atom is 0.226 e. The van der Waals surface area contributed by atoms with Gasteiger partial charge >= 0.3 is 0 Å². The number of nitrogens with zero attached hydrogens (tertiary/aromatic N) is 3. The molecule has 1 aromatic heterocycles. The highest BCUT2D eigenvalue weighted by molar-refractivity contribution is 6.30. The maximum atomic E-state index is 9.16. The van der Waals surface area contributed by atoms with Crippen LogP contribution in [0.5, 0.6) is 11.5 Å². The molecule has 0 aliphatic carbocycles. The molecule has 1 atom stereocenters. The number of rotatable bonds is 7. The third kappa shape index (κ3) is 3.99. The molecule has 2 N–H and O–H groups in total. The second-order valence-corrected chi connectivity index (χ2v) is 7.33. The molecular formula is C22H23ClN4O3. The van der Waals surface area contributed by atoms with Crippen LogP contribution in [-0.2, 0) is 6.42 Å². The summed E-state index contributed by atoms with van der Waals surface area (Å²) in [5, 5.41) is 17.9. The van der Waals surface area contributed by atoms with E-state index in [1.54, 1.807) is 14.2 Å². The number of fused-ring (bicyclic) bond motifs is 1. The summed E-state index contributed by atoms with van der Waals surface area (Å²) in [5.41, 5.74) is 2.90. The number of methoxy groups -OCH3 is 2. The van der Waals surface area contributed by atoms with Gasteiger partial charge in [-0.2, -0.15) is 10.1 Å². The van der Waals surface area contributed by atoms with Gasteiger partial charge in [-0.1, -0.05) is 29.8 Å². The summed E-state index contributed by atoms with van der Waals surface area (Å²) >= 11 is 6.06. The van der Waals surface area contributed by atoms with Crippen molar-refractivity contribution in [2.45, 2.75) is 18.9 Å². The first-order chi connectivity index (χ1) is 14.6. The van der Waals surface area contributed by atoms with Gasteiger partial charge in [0.25, 0.3) is 0 Å². The molecule has 0 radical (unpaired) electrons. The Labute approximate surface area is 179 Å². The van der Waals surface area contributed by atoms with E-state index in [4.69, 9.17) is 26.2 Å². The summed E-state index contributed by atoms with van der Waals surface area (Å²) in [6, 6.07) is 13.3. The van der Waals surface area contributed by atoms with Crippen molar-refractivity contribution in [3.05, 3.63) is 70.5 Å². The Morgan fingerprint density at radius 3 is 2.57 bits per heavy atom. The SMILES string of the molecule is COc1ccc([C@H]2C=C(c3ccc(Cl)cc3)Nc3nc(CCCO)nn32)cc1OC. The van der Waals surface area contributed by atoms with Crippen LogP contribution < -0.4 is 14.8 Å². The topological polar surface area (TPSA) is 81.4 Å². The molecule has 0 amide bonds. The monoisotopic (exact) mass is 426 g/mol. The fraction of sp³-hybridized carbons (Fsp3) is 0.273. The summed E-state index contributed by atoms with van der Waals surface area (Å²) in [6.07, 6.45) is 3.32. The Bertz CT molecular complexity index is 1060. The van der Waals surface area contributed by atoms with E-state index in [1.807, 2.05) is 47.1 Å². The van der Waals surface area contributed by atoms with Crippen LogP contribution >= 0.6 is 11.6 Å². The van der Waals surface area contributed by atoms with Gasteiger partial charge in [-0.15, -0.1) is 0 Å². The average molecular weight is 427 g/mol. The Morgan fingerprint density at radius 1 is 1.10 bits per heavy atom. The summed E-state index contributed by atoms with van der Waals surface area (Å²) in [5.74, 6) is 2.65. The Morgan fingerprint density at radius 2 is 1.87 bits per heavy atom. The van der Waals surface area contributed by atoms with Crippen molar-refractivity contribution >= 4 is 23.2 Å². The fourth-order valence-electron chi connectivity index (χ4n) is 3.45. The molecule has 0 bridgehead atoms. The number of aliphatic hydroxyl groups is 1. The van der Waals surface area contributed by atoms with Crippen LogP contribution in [0.2, 0.25) is 5.02 Å². The summed E-state index contributed by atoms with van der Waals surface area (Å²) in [4.78, 5) is 4.64. The van der Waals surface area contributed by atoms with Gasteiger partial charge in [-0.3, -0.25) is 0 Å². The molecule has 4 rings (SSSR count). The Hall–Kier alpha value is -3.03. The van der Waals surface area contributed by atoms with E-state index in [-0.39, 0.29) is 12.6 Å². The standard InChI is InChI=1S/C22H23ClN4O3/c1-29-19-10-7-15(12-20(19)30-2)18-13-17(14-5-8-16(23)9-6-14)24-22-25-21(4-3-11-28)26-27(18)22/h5-10,12-13,18,28H,3-4,11H2,1-2H3,(H,24,25,26)/t18-/m1/s1. The molecule has 0 fully saturated rings. The van der Waals surface area contributed by atoms with Crippen molar-refractivity contribution < 1.29 is 14.6 Å². The molecule has 0 saturated heterocycles. The first-order valence-electron chi connectivity index (χ1n) is 9.66. The summed E-state index contributed by atoms with van der Waals surface area (Å²) in [6.45, 7) is 0.102. The number of hydrogen-bond donors (Lipinski definition) is 2. The third-order valence-corrected chi connectivity index (χ3v) is 5.22. The van der Waals surface area contributed by atoms with Crippen molar-refractivity contribution in [3.63, 3.8) is 0 Å². The zero-order chi connectivity index (χ0) is 21.1. The quantitative estimate of drug-likeness (QED) is 0.595. The molecule has 30 heavy (non-hydrogen) atoms. The number of hydrogen-bond acceptors (Lipinski definition) is 6. The van der Waals surface area contributed by atoms with Crippen LogP contribution in [0.1, 0.15) is 29.4 Å². The average Bonchev–Trinajstić information content (AvgIpc) is 3.20. The van der Waals surface area contributed by atoms with Gasteiger partial charge in [0.2, 0.25) is 5.95 Å². The van der Waals surface area contributed by atoms with E-state index in [2.05, 4.69) is 21.5 Å². The lowest BCUT2D eigenvalue weighted by molar-refractivity contribution is 0.287. The summed E-state index contributed by atoms with van der Waals surface area (Å²) < 4.78 is 12.7. The fourth-order valence-corrected chi connectivity index (χ4v) is 3.58. The van der Waals surface area contributed by atoms with Crippen molar-refractivity contribution in [1.29, 1.82) is 0 Å². The highest BCUT2D eigenvalue weighted by Crippen LogP contribution is 2.36. The van der Waals surface area contributed by atoms with Gasteiger partial charge in [-0.25, -0.2) is 4.68 Å². The minimum atomic E-state index is -0.192. The number of nitrogens with one attached hydrogen (secondary N) is 1. The Balaban J connectivity index is 1.79. The van der Waals surface area contributed by atoms with Crippen molar-refractivity contribution in [2.24, 2.45) is 0 Å². The second kappa shape index (κ2) is 8.77. The number of ether oxygens (including phenoxy) is 2. The van der Waals surface area contributed by atoms with Crippen LogP contribution in [0.4, 0.5) is 5.95 Å². The van der Waals surface area contributed by atoms with E-state index in [1.165, 1.54) is 0 Å². The summed E-state index contributed by atoms with van der Waals surface area (Å²) in [7, 11) is 3.23. The first-order valence-corrected chi connectivity index (χ1v) is 10.0. The predicted octanol–water partition coefficient (Wildman–Crippen LogP) is 3.93. The highest BCUT2D eigenvalue weighted by Gasteiger charge is 2.26. The van der Waals surface area contributed by atoms with E-state index in [9.17, 15) is 0 Å². The normalized spacial score (nSPS) is 15.2. The molecule has 0 unspecified atom stereocenters. The lowest BCUT2D eigenvalue weighted by Crippen LogP contribution is -2.20. The van der Waals surface area contributed by atoms with E-state index >= 15 is 0 Å². The molecule has 2 heterocycles. The lowest BCUT2D eigenvalue weighted by Gasteiger charge is -2.25. The van der Waals surface area contributed by atoms with E-state index < -0.39 is 0 Å². The van der Waals surface area contributed by atoms with Gasteiger partial charge in [-0.05, 0) is 47.9 Å². The molecular weight excluding hydrogens is 404 g/mol. The van der Waals surface area contributed by atoms with Crippen molar-refractivity contribution in [1.82, 2.24) is 14.8 Å². The van der Waals surface area contributed by atoms with Gasteiger partial charge in [0.15, 0.2) is 17.3 Å². The van der Waals surface area contributed by atoms with Crippen molar-refractivity contribution in [2.75, 3.05) is 26.1 Å². The molecule has 3 aromatic rings. The number of aryl methyl sites for hydroxylation is 1. The molecule has 0 saturated carbocycles. The minimum absolute atomic E-state index is 0.102. The predicted molar refractivity (Wildman–Crippen MR) is 116 cm³/mol. The van der Waals surface area contributed by atoms with Gasteiger partial charge in [0.1, 0.15) is 6.04 Å². The van der Waals surface area contributed by atoms with Gasteiger partial charge in [0, 0.05) is 23.7 Å². The van der Waals surface area contributed by atoms with Crippen LogP contribution in [0.25, 0.3) is 5.70 Å². The number of anilines is 1. The maximum absolute atomic E-state index is 9.16. The zero-order valence-corrected chi connectivity index (χ0v) is 17.6. The molecule has 1 aliphatic rings. The molecule has 0 spiro atoms. The minimum Gasteiger partial charge on any atom is -0.493 e. The van der Waals surface area contributed by atoms with E-state index in [0.29, 0.717) is 41.1 Å². The van der Waals surface area contributed by atoms with Gasteiger partial charge < -0.3 is 19.9 Å². The Kier molecular flexibility index (Phi) is 5.92. The number of allylic oxidation sites excluding steroid dienone is 1. The van der Waals surface area contributed by atoms with E-state index in [0.717, 1.165) is 16.8 Å². The molecule has 7 nitrogen and oxygen atoms in total. The smallest absolute Gasteiger partial charge is 0.226 e. The van der Waals surface area contributed by atoms with Crippen LogP contribution in [0.3, 0.4) is 0 Å². The van der Waals surface area contributed by atoms with Gasteiger partial charge in [0.05, 0.1) is 14.2 Å². The molecule has 2 aromatic carbocycles. The zero-order valence-electron chi connectivity index (χ0n) is 16.8. The van der Waals surface area contributed by atoms with Crippen LogP contribution in [0, 0.1) is 0 Å². The molecule has 1 aliphatic heterocycles. The lowest BCUT2D eigenvalue weighted by atomic mass is 10.0. The van der Waals surface area contributed by atoms with Crippen molar-refractivity contribution in [3.8, 4) is 11.5 Å². The molecule has 8 heteroatoms. The third-order valence-electron chi connectivity index (χ3n) is 4.97. The first kappa shape index (κ1) is 20.3. The highest BCUT2D eigenvalue weighted by atomic mass is 35.5. The van der Waals surface area contributed by atoms with Crippen LogP contribution in [-0.4, -0.2) is 40.7 Å². The largest absolute Gasteiger partial charge is 0.493 e. The number of benzene rings is 2. The number of halogens is 1. The second-order valence-electron chi connectivity index (χ2n) is 6.89. The molecule has 156 valence electrons. The number of aromatic nitrogens is 3.